The Morgan fingerprint density at radius 1 is 1.00 bits per heavy atom. The molecule has 0 atom stereocenters. The van der Waals surface area contributed by atoms with Crippen LogP contribution in [-0.2, 0) is 0 Å². The van der Waals surface area contributed by atoms with Gasteiger partial charge in [0.25, 0.3) is 5.91 Å². The molecule has 0 bridgehead atoms. The summed E-state index contributed by atoms with van der Waals surface area (Å²) < 4.78 is 0. The molecule has 0 saturated heterocycles. The van der Waals surface area contributed by atoms with Crippen molar-refractivity contribution in [1.29, 1.82) is 0 Å². The second kappa shape index (κ2) is 9.32. The smallest absolute Gasteiger partial charge is 0.274 e. The molecule has 0 radical (unpaired) electrons. The highest BCUT2D eigenvalue weighted by Crippen LogP contribution is 2.11. The fourth-order valence-corrected chi connectivity index (χ4v) is 2.18. The second-order valence-corrected chi connectivity index (χ2v) is 5.34. The highest BCUT2D eigenvalue weighted by molar-refractivity contribution is 5.92. The number of carbonyl (C=O) groups is 1. The van der Waals surface area contributed by atoms with Crippen LogP contribution in [0.3, 0.4) is 0 Å². The standard InChI is InChI=1S/C16H28N4O/c1-5-8-13-19(4)16(21)14-9-10-15(18-17-14)20(11-6-2)12-7-3/h9-10H,5-8,11-13H2,1-4H3. The second-order valence-electron chi connectivity index (χ2n) is 5.34. The summed E-state index contributed by atoms with van der Waals surface area (Å²) in [6.45, 7) is 9.10. The van der Waals surface area contributed by atoms with Gasteiger partial charge in [-0.25, -0.2) is 0 Å². The fourth-order valence-electron chi connectivity index (χ4n) is 2.18. The SMILES string of the molecule is CCCCN(C)C(=O)c1ccc(N(CCC)CCC)nn1. The summed E-state index contributed by atoms with van der Waals surface area (Å²) in [6.07, 6.45) is 4.23. The van der Waals surface area contributed by atoms with Gasteiger partial charge in [0.2, 0.25) is 0 Å². The Kier molecular flexibility index (Phi) is 7.72. The number of nitrogens with zero attached hydrogens (tertiary/aromatic N) is 4. The highest BCUT2D eigenvalue weighted by atomic mass is 16.2. The van der Waals surface area contributed by atoms with Gasteiger partial charge in [-0.05, 0) is 31.4 Å². The summed E-state index contributed by atoms with van der Waals surface area (Å²) >= 11 is 0. The summed E-state index contributed by atoms with van der Waals surface area (Å²) in [6, 6.07) is 3.69. The van der Waals surface area contributed by atoms with Gasteiger partial charge in [0.05, 0.1) is 0 Å². The van der Waals surface area contributed by atoms with E-state index in [2.05, 4.69) is 35.9 Å². The molecule has 5 nitrogen and oxygen atoms in total. The fraction of sp³-hybridized carbons (Fsp3) is 0.688. The van der Waals surface area contributed by atoms with Crippen LogP contribution >= 0.6 is 0 Å². The molecule has 21 heavy (non-hydrogen) atoms. The Hall–Kier alpha value is -1.65. The van der Waals surface area contributed by atoms with E-state index in [0.717, 1.165) is 51.1 Å². The number of anilines is 1. The molecule has 0 aliphatic rings. The van der Waals surface area contributed by atoms with Gasteiger partial charge in [-0.1, -0.05) is 27.2 Å². The van der Waals surface area contributed by atoms with Crippen molar-refractivity contribution in [2.24, 2.45) is 0 Å². The summed E-state index contributed by atoms with van der Waals surface area (Å²) in [7, 11) is 1.81. The Bertz CT molecular complexity index is 413. The van der Waals surface area contributed by atoms with E-state index in [4.69, 9.17) is 0 Å². The number of hydrogen-bond acceptors (Lipinski definition) is 4. The zero-order chi connectivity index (χ0) is 15.7. The van der Waals surface area contributed by atoms with E-state index in [1.54, 1.807) is 11.0 Å². The van der Waals surface area contributed by atoms with Crippen LogP contribution in [-0.4, -0.2) is 47.7 Å². The maximum atomic E-state index is 12.2. The molecule has 1 amide bonds. The third kappa shape index (κ3) is 5.33. The van der Waals surface area contributed by atoms with Crippen LogP contribution in [0.1, 0.15) is 56.9 Å². The molecule has 1 aromatic heterocycles. The first-order valence-corrected chi connectivity index (χ1v) is 7.98. The molecule has 5 heteroatoms. The van der Waals surface area contributed by atoms with Gasteiger partial charge in [-0.2, -0.15) is 0 Å². The first kappa shape index (κ1) is 17.4. The van der Waals surface area contributed by atoms with Gasteiger partial charge in [0, 0.05) is 26.7 Å². The average Bonchev–Trinajstić information content (AvgIpc) is 2.52. The number of aromatic nitrogens is 2. The van der Waals surface area contributed by atoms with Crippen LogP contribution in [0, 0.1) is 0 Å². The van der Waals surface area contributed by atoms with Gasteiger partial charge in [-0.3, -0.25) is 4.79 Å². The molecule has 0 N–H and O–H groups in total. The van der Waals surface area contributed by atoms with Crippen molar-refractivity contribution < 1.29 is 4.79 Å². The highest BCUT2D eigenvalue weighted by Gasteiger charge is 2.14. The van der Waals surface area contributed by atoms with E-state index >= 15 is 0 Å². The van der Waals surface area contributed by atoms with Crippen molar-refractivity contribution in [3.05, 3.63) is 17.8 Å². The molecule has 0 fully saturated rings. The molecule has 0 saturated carbocycles. The van der Waals surface area contributed by atoms with Crippen molar-refractivity contribution >= 4 is 11.7 Å². The van der Waals surface area contributed by atoms with Crippen LogP contribution in [0.15, 0.2) is 12.1 Å². The van der Waals surface area contributed by atoms with Crippen molar-refractivity contribution in [3.8, 4) is 0 Å². The lowest BCUT2D eigenvalue weighted by Crippen LogP contribution is -2.29. The Labute approximate surface area is 128 Å². The van der Waals surface area contributed by atoms with E-state index in [1.165, 1.54) is 0 Å². The van der Waals surface area contributed by atoms with Crippen molar-refractivity contribution in [2.45, 2.75) is 46.5 Å². The number of carbonyl (C=O) groups excluding carboxylic acids is 1. The number of unbranched alkanes of at least 4 members (excludes halogenated alkanes) is 1. The van der Waals surface area contributed by atoms with Crippen molar-refractivity contribution in [1.82, 2.24) is 15.1 Å². The minimum absolute atomic E-state index is 0.0555. The summed E-state index contributed by atoms with van der Waals surface area (Å²) in [5.41, 5.74) is 0.422. The van der Waals surface area contributed by atoms with Gasteiger partial charge in [-0.15, -0.1) is 10.2 Å². The maximum Gasteiger partial charge on any atom is 0.274 e. The van der Waals surface area contributed by atoms with E-state index in [9.17, 15) is 4.79 Å². The third-order valence-corrected chi connectivity index (χ3v) is 3.37. The number of amides is 1. The number of rotatable bonds is 9. The van der Waals surface area contributed by atoms with Gasteiger partial charge >= 0.3 is 0 Å². The normalized spacial score (nSPS) is 10.5. The van der Waals surface area contributed by atoms with Crippen LogP contribution in [0.5, 0.6) is 0 Å². The van der Waals surface area contributed by atoms with E-state index in [1.807, 2.05) is 13.1 Å². The van der Waals surface area contributed by atoms with Gasteiger partial charge in [0.1, 0.15) is 0 Å². The first-order chi connectivity index (χ1) is 10.1. The molecule has 0 unspecified atom stereocenters. The van der Waals surface area contributed by atoms with E-state index in [0.29, 0.717) is 5.69 Å². The van der Waals surface area contributed by atoms with Crippen LogP contribution < -0.4 is 4.90 Å². The molecule has 118 valence electrons. The monoisotopic (exact) mass is 292 g/mol. The zero-order valence-corrected chi connectivity index (χ0v) is 13.8. The maximum absolute atomic E-state index is 12.2. The lowest BCUT2D eigenvalue weighted by atomic mass is 10.3. The molecule has 0 aliphatic carbocycles. The lowest BCUT2D eigenvalue weighted by molar-refractivity contribution is 0.0786. The molecule has 0 aliphatic heterocycles. The Morgan fingerprint density at radius 3 is 2.14 bits per heavy atom. The van der Waals surface area contributed by atoms with Crippen molar-refractivity contribution in [3.63, 3.8) is 0 Å². The third-order valence-electron chi connectivity index (χ3n) is 3.37. The summed E-state index contributed by atoms with van der Waals surface area (Å²) in [5.74, 6) is 0.798. The Morgan fingerprint density at radius 2 is 1.67 bits per heavy atom. The largest absolute Gasteiger partial charge is 0.355 e. The molecular weight excluding hydrogens is 264 g/mol. The quantitative estimate of drug-likeness (QED) is 0.702. The predicted molar refractivity (Wildman–Crippen MR) is 86.7 cm³/mol. The van der Waals surface area contributed by atoms with Gasteiger partial charge < -0.3 is 9.80 Å². The molecular formula is C16H28N4O. The average molecular weight is 292 g/mol. The summed E-state index contributed by atoms with van der Waals surface area (Å²) in [5, 5.41) is 8.34. The van der Waals surface area contributed by atoms with E-state index in [-0.39, 0.29) is 5.91 Å². The molecule has 0 spiro atoms. The number of hydrogen-bond donors (Lipinski definition) is 0. The zero-order valence-electron chi connectivity index (χ0n) is 13.8. The first-order valence-electron chi connectivity index (χ1n) is 7.98. The van der Waals surface area contributed by atoms with Crippen LogP contribution in [0.4, 0.5) is 5.82 Å². The van der Waals surface area contributed by atoms with Crippen molar-refractivity contribution in [2.75, 3.05) is 31.6 Å². The molecule has 1 rings (SSSR count). The molecule has 1 heterocycles. The molecule has 0 aromatic carbocycles. The molecule has 1 aromatic rings. The van der Waals surface area contributed by atoms with Crippen LogP contribution in [0.2, 0.25) is 0 Å². The van der Waals surface area contributed by atoms with Gasteiger partial charge in [0.15, 0.2) is 11.5 Å². The minimum atomic E-state index is -0.0555. The van der Waals surface area contributed by atoms with Crippen LogP contribution in [0.25, 0.3) is 0 Å². The predicted octanol–water partition coefficient (Wildman–Crippen LogP) is 2.98. The van der Waals surface area contributed by atoms with E-state index < -0.39 is 0 Å². The lowest BCUT2D eigenvalue weighted by Gasteiger charge is -2.22. The Balaban J connectivity index is 2.73. The topological polar surface area (TPSA) is 49.3 Å². The minimum Gasteiger partial charge on any atom is -0.355 e. The summed E-state index contributed by atoms with van der Waals surface area (Å²) in [4.78, 5) is 16.1.